The molecule has 2 N–H and O–H groups in total. The highest BCUT2D eigenvalue weighted by Crippen LogP contribution is 2.08. The molecule has 0 aliphatic rings. The van der Waals surface area contributed by atoms with E-state index in [9.17, 15) is 9.18 Å². The molecule has 0 heterocycles. The van der Waals surface area contributed by atoms with Crippen LogP contribution in [0, 0.1) is 5.82 Å². The Morgan fingerprint density at radius 3 is 2.35 bits per heavy atom. The monoisotopic (exact) mass is 237 g/mol. The van der Waals surface area contributed by atoms with Gasteiger partial charge in [0.25, 0.3) is 0 Å². The van der Waals surface area contributed by atoms with Crippen LogP contribution >= 0.6 is 0 Å². The molecule has 0 spiro atoms. The summed E-state index contributed by atoms with van der Waals surface area (Å²) in [5, 5.41) is 0. The minimum absolute atomic E-state index is 0.226. The maximum Gasteiger partial charge on any atom is 0.137 e. The van der Waals surface area contributed by atoms with Crippen LogP contribution in [0.1, 0.15) is 37.7 Å². The normalized spacial score (nSPS) is 10.5. The molecule has 0 bridgehead atoms. The van der Waals surface area contributed by atoms with Gasteiger partial charge in [0.15, 0.2) is 0 Å². The molecular weight excluding hydrogens is 217 g/mol. The van der Waals surface area contributed by atoms with E-state index >= 15 is 0 Å². The predicted octanol–water partition coefficient (Wildman–Crippen LogP) is 2.85. The van der Waals surface area contributed by atoms with E-state index in [0.717, 1.165) is 37.8 Å². The quantitative estimate of drug-likeness (QED) is 0.706. The first-order valence-corrected chi connectivity index (χ1v) is 6.18. The fraction of sp³-hybridized carbons (Fsp3) is 0.500. The molecule has 0 unspecified atom stereocenters. The summed E-state index contributed by atoms with van der Waals surface area (Å²) in [5.74, 6) is -0.0349. The maximum atomic E-state index is 12.6. The van der Waals surface area contributed by atoms with Crippen molar-refractivity contribution >= 4 is 5.78 Å². The van der Waals surface area contributed by atoms with Crippen molar-refractivity contribution in [2.75, 3.05) is 6.54 Å². The van der Waals surface area contributed by atoms with E-state index in [-0.39, 0.29) is 11.6 Å². The number of hydrogen-bond acceptors (Lipinski definition) is 2. The van der Waals surface area contributed by atoms with E-state index in [4.69, 9.17) is 5.73 Å². The van der Waals surface area contributed by atoms with E-state index < -0.39 is 0 Å². The molecule has 0 saturated carbocycles. The second-order valence-electron chi connectivity index (χ2n) is 4.29. The lowest BCUT2D eigenvalue weighted by Gasteiger charge is -2.02. The molecule has 0 radical (unpaired) electrons. The van der Waals surface area contributed by atoms with Crippen molar-refractivity contribution in [3.05, 3.63) is 35.6 Å². The van der Waals surface area contributed by atoms with E-state index in [1.165, 1.54) is 12.1 Å². The van der Waals surface area contributed by atoms with Gasteiger partial charge < -0.3 is 5.73 Å². The Balaban J connectivity index is 2.18. The molecule has 2 nitrogen and oxygen atoms in total. The largest absolute Gasteiger partial charge is 0.330 e. The summed E-state index contributed by atoms with van der Waals surface area (Å²) in [6.45, 7) is 0.726. The van der Waals surface area contributed by atoms with Crippen LogP contribution < -0.4 is 5.73 Å². The van der Waals surface area contributed by atoms with E-state index in [1.807, 2.05) is 0 Å². The van der Waals surface area contributed by atoms with Crippen molar-refractivity contribution in [3.8, 4) is 0 Å². The molecular formula is C14H20FNO. The number of nitrogens with two attached hydrogens (primary N) is 1. The zero-order valence-electron chi connectivity index (χ0n) is 10.1. The second kappa shape index (κ2) is 7.96. The van der Waals surface area contributed by atoms with Crippen LogP contribution in [0.3, 0.4) is 0 Å². The molecule has 0 aromatic heterocycles. The number of Topliss-reactive ketones (excluding diaryl/α,β-unsaturated/α-hetero) is 1. The lowest BCUT2D eigenvalue weighted by Crippen LogP contribution is -2.03. The number of ketones is 1. The maximum absolute atomic E-state index is 12.6. The van der Waals surface area contributed by atoms with Crippen LogP contribution in [0.25, 0.3) is 0 Å². The van der Waals surface area contributed by atoms with Crippen LogP contribution in [0.2, 0.25) is 0 Å². The molecule has 0 atom stereocenters. The standard InChI is InChI=1S/C14H20FNO/c15-13-8-6-12(7-9-13)11-14(17)5-3-1-2-4-10-16/h6-9H,1-5,10-11,16H2. The Morgan fingerprint density at radius 1 is 1.06 bits per heavy atom. The number of rotatable bonds is 8. The van der Waals surface area contributed by atoms with Gasteiger partial charge in [-0.15, -0.1) is 0 Å². The first-order chi connectivity index (χ1) is 8.22. The average Bonchev–Trinajstić information content (AvgIpc) is 2.32. The predicted molar refractivity (Wildman–Crippen MR) is 67.3 cm³/mol. The van der Waals surface area contributed by atoms with Crippen molar-refractivity contribution in [3.63, 3.8) is 0 Å². The SMILES string of the molecule is NCCCCCCC(=O)Cc1ccc(F)cc1. The summed E-state index contributed by atoms with van der Waals surface area (Å²) in [6, 6.07) is 6.12. The van der Waals surface area contributed by atoms with Crippen LogP contribution in [-0.4, -0.2) is 12.3 Å². The number of halogens is 1. The number of carbonyl (C=O) groups is 1. The minimum Gasteiger partial charge on any atom is -0.330 e. The van der Waals surface area contributed by atoms with Crippen LogP contribution in [0.15, 0.2) is 24.3 Å². The van der Waals surface area contributed by atoms with Crippen LogP contribution in [0.4, 0.5) is 4.39 Å². The lowest BCUT2D eigenvalue weighted by molar-refractivity contribution is -0.118. The van der Waals surface area contributed by atoms with Gasteiger partial charge in [0, 0.05) is 12.8 Å². The van der Waals surface area contributed by atoms with Gasteiger partial charge in [0.1, 0.15) is 11.6 Å². The summed E-state index contributed by atoms with van der Waals surface area (Å²) in [5.41, 5.74) is 6.27. The highest BCUT2D eigenvalue weighted by Gasteiger charge is 2.03. The fourth-order valence-corrected chi connectivity index (χ4v) is 1.74. The Kier molecular flexibility index (Phi) is 6.48. The number of carbonyl (C=O) groups excluding carboxylic acids is 1. The van der Waals surface area contributed by atoms with E-state index in [2.05, 4.69) is 0 Å². The van der Waals surface area contributed by atoms with E-state index in [1.54, 1.807) is 12.1 Å². The molecule has 1 aromatic rings. The second-order valence-corrected chi connectivity index (χ2v) is 4.29. The van der Waals surface area contributed by atoms with Gasteiger partial charge in [-0.05, 0) is 37.1 Å². The minimum atomic E-state index is -0.261. The van der Waals surface area contributed by atoms with Crippen molar-refractivity contribution in [1.29, 1.82) is 0 Å². The number of hydrogen-bond donors (Lipinski definition) is 1. The smallest absolute Gasteiger partial charge is 0.137 e. The summed E-state index contributed by atoms with van der Waals surface area (Å²) >= 11 is 0. The van der Waals surface area contributed by atoms with Gasteiger partial charge >= 0.3 is 0 Å². The van der Waals surface area contributed by atoms with Gasteiger partial charge in [-0.3, -0.25) is 4.79 Å². The number of benzene rings is 1. The number of unbranched alkanes of at least 4 members (excludes halogenated alkanes) is 3. The van der Waals surface area contributed by atoms with Crippen molar-refractivity contribution in [2.45, 2.75) is 38.5 Å². The zero-order chi connectivity index (χ0) is 12.5. The Morgan fingerprint density at radius 2 is 1.71 bits per heavy atom. The highest BCUT2D eigenvalue weighted by molar-refractivity contribution is 5.80. The molecule has 0 aliphatic carbocycles. The zero-order valence-corrected chi connectivity index (χ0v) is 10.1. The molecule has 1 rings (SSSR count). The van der Waals surface area contributed by atoms with Crippen LogP contribution in [-0.2, 0) is 11.2 Å². The molecule has 0 aliphatic heterocycles. The summed E-state index contributed by atoms with van der Waals surface area (Å²) in [4.78, 5) is 11.6. The Bertz CT molecular complexity index is 335. The van der Waals surface area contributed by atoms with Crippen molar-refractivity contribution in [1.82, 2.24) is 0 Å². The summed E-state index contributed by atoms with van der Waals surface area (Å²) in [6.07, 6.45) is 5.15. The third-order valence-electron chi connectivity index (χ3n) is 2.72. The van der Waals surface area contributed by atoms with Gasteiger partial charge in [0.05, 0.1) is 0 Å². The molecule has 1 aromatic carbocycles. The van der Waals surface area contributed by atoms with Gasteiger partial charge in [0.2, 0.25) is 0 Å². The molecule has 0 fully saturated rings. The average molecular weight is 237 g/mol. The molecule has 0 saturated heterocycles. The topological polar surface area (TPSA) is 43.1 Å². The lowest BCUT2D eigenvalue weighted by atomic mass is 10.0. The van der Waals surface area contributed by atoms with Gasteiger partial charge in [-0.25, -0.2) is 4.39 Å². The van der Waals surface area contributed by atoms with Gasteiger partial charge in [-0.2, -0.15) is 0 Å². The Labute approximate surface area is 102 Å². The van der Waals surface area contributed by atoms with E-state index in [0.29, 0.717) is 12.8 Å². The van der Waals surface area contributed by atoms with Gasteiger partial charge in [-0.1, -0.05) is 25.0 Å². The first-order valence-electron chi connectivity index (χ1n) is 6.18. The molecule has 17 heavy (non-hydrogen) atoms. The summed E-state index contributed by atoms with van der Waals surface area (Å²) in [7, 11) is 0. The molecule has 0 amide bonds. The third kappa shape index (κ3) is 6.17. The van der Waals surface area contributed by atoms with Crippen molar-refractivity contribution in [2.24, 2.45) is 5.73 Å². The first kappa shape index (κ1) is 13.8. The fourth-order valence-electron chi connectivity index (χ4n) is 1.74. The highest BCUT2D eigenvalue weighted by atomic mass is 19.1. The van der Waals surface area contributed by atoms with Crippen molar-refractivity contribution < 1.29 is 9.18 Å². The summed E-state index contributed by atoms with van der Waals surface area (Å²) < 4.78 is 12.6. The molecule has 3 heteroatoms. The third-order valence-corrected chi connectivity index (χ3v) is 2.72. The van der Waals surface area contributed by atoms with Crippen LogP contribution in [0.5, 0.6) is 0 Å². The molecule has 94 valence electrons. The Hall–Kier alpha value is -1.22.